The minimum atomic E-state index is -0.136. The highest BCUT2D eigenvalue weighted by Crippen LogP contribution is 2.10. The molecule has 1 amide bonds. The van der Waals surface area contributed by atoms with Crippen LogP contribution in [0.1, 0.15) is 25.6 Å². The molecule has 0 aliphatic carbocycles. The third kappa shape index (κ3) is 3.55. The number of nitrogens with one attached hydrogen (secondary N) is 1. The molecule has 1 rings (SSSR count). The van der Waals surface area contributed by atoms with Gasteiger partial charge in [0.25, 0.3) is 0 Å². The Morgan fingerprint density at radius 3 is 3.00 bits per heavy atom. The van der Waals surface area contributed by atoms with Gasteiger partial charge in [-0.25, -0.2) is 4.98 Å². The smallest absolute Gasteiger partial charge is 0.234 e. The van der Waals surface area contributed by atoms with Crippen LogP contribution in [-0.2, 0) is 11.3 Å². The summed E-state index contributed by atoms with van der Waals surface area (Å²) in [6, 6.07) is 0. The van der Waals surface area contributed by atoms with Gasteiger partial charge in [-0.05, 0) is 0 Å². The van der Waals surface area contributed by atoms with Crippen molar-refractivity contribution in [2.45, 2.75) is 26.3 Å². The van der Waals surface area contributed by atoms with Gasteiger partial charge in [0.05, 0.1) is 0 Å². The lowest BCUT2D eigenvalue weighted by atomic mass is 10.2. The largest absolute Gasteiger partial charge is 0.353 e. The highest BCUT2D eigenvalue weighted by Gasteiger charge is 2.06. The zero-order valence-corrected chi connectivity index (χ0v) is 9.79. The van der Waals surface area contributed by atoms with Gasteiger partial charge in [-0.1, -0.05) is 13.8 Å². The van der Waals surface area contributed by atoms with E-state index in [1.165, 1.54) is 0 Å². The first kappa shape index (κ1) is 12.0. The average Bonchev–Trinajstić information content (AvgIpc) is 2.65. The first-order valence-corrected chi connectivity index (χ1v) is 5.52. The maximum absolute atomic E-state index is 10.9. The third-order valence-corrected chi connectivity index (χ3v) is 2.30. The molecule has 15 heavy (non-hydrogen) atoms. The molecule has 0 bridgehead atoms. The van der Waals surface area contributed by atoms with E-state index >= 15 is 0 Å². The zero-order chi connectivity index (χ0) is 11.3. The number of alkyl halides is 1. The number of carbonyl (C=O) groups is 1. The standard InChI is InChI=1S/C10H16ClN3O/c1-8(2)10-13-4-6-14(10)5-3-12-9(15)7-11/h4,6,8H,3,5,7H2,1-2H3,(H,12,15). The Bertz CT molecular complexity index is 322. The van der Waals surface area contributed by atoms with Gasteiger partial charge in [0.1, 0.15) is 11.7 Å². The number of nitrogens with zero attached hydrogens (tertiary/aromatic N) is 2. The predicted molar refractivity (Wildman–Crippen MR) is 60.0 cm³/mol. The summed E-state index contributed by atoms with van der Waals surface area (Å²) in [5.74, 6) is 1.31. The van der Waals surface area contributed by atoms with Crippen LogP contribution in [0.2, 0.25) is 0 Å². The topological polar surface area (TPSA) is 46.9 Å². The van der Waals surface area contributed by atoms with E-state index in [9.17, 15) is 4.79 Å². The summed E-state index contributed by atoms with van der Waals surface area (Å²) in [4.78, 5) is 15.1. The van der Waals surface area contributed by atoms with E-state index in [1.54, 1.807) is 6.20 Å². The Balaban J connectivity index is 2.43. The number of imidazole rings is 1. The molecule has 0 aliphatic rings. The minimum Gasteiger partial charge on any atom is -0.353 e. The fourth-order valence-corrected chi connectivity index (χ4v) is 1.47. The van der Waals surface area contributed by atoms with E-state index < -0.39 is 0 Å². The zero-order valence-electron chi connectivity index (χ0n) is 9.03. The quantitative estimate of drug-likeness (QED) is 0.776. The maximum Gasteiger partial charge on any atom is 0.234 e. The van der Waals surface area contributed by atoms with Crippen molar-refractivity contribution in [2.75, 3.05) is 12.4 Å². The van der Waals surface area contributed by atoms with E-state index in [2.05, 4.69) is 24.1 Å². The fourth-order valence-electron chi connectivity index (χ4n) is 1.37. The molecule has 84 valence electrons. The molecule has 1 heterocycles. The molecule has 0 spiro atoms. The van der Waals surface area contributed by atoms with Crippen molar-refractivity contribution in [3.63, 3.8) is 0 Å². The van der Waals surface area contributed by atoms with E-state index in [4.69, 9.17) is 11.6 Å². The second-order valence-electron chi connectivity index (χ2n) is 3.62. The van der Waals surface area contributed by atoms with E-state index in [0.717, 1.165) is 12.4 Å². The van der Waals surface area contributed by atoms with Crippen LogP contribution >= 0.6 is 11.6 Å². The minimum absolute atomic E-state index is 0.0148. The summed E-state index contributed by atoms with van der Waals surface area (Å²) >= 11 is 5.36. The number of hydrogen-bond acceptors (Lipinski definition) is 2. The number of amides is 1. The molecule has 0 atom stereocenters. The molecular formula is C10H16ClN3O. The average molecular weight is 230 g/mol. The van der Waals surface area contributed by atoms with Crippen LogP contribution in [0.15, 0.2) is 12.4 Å². The monoisotopic (exact) mass is 229 g/mol. The van der Waals surface area contributed by atoms with Crippen molar-refractivity contribution in [1.82, 2.24) is 14.9 Å². The number of aromatic nitrogens is 2. The summed E-state index contributed by atoms with van der Waals surface area (Å²) in [6.45, 7) is 5.50. The molecule has 0 unspecified atom stereocenters. The Morgan fingerprint density at radius 1 is 1.67 bits per heavy atom. The van der Waals surface area contributed by atoms with Gasteiger partial charge >= 0.3 is 0 Å². The molecule has 0 aliphatic heterocycles. The van der Waals surface area contributed by atoms with E-state index in [1.807, 2.05) is 10.8 Å². The highest BCUT2D eigenvalue weighted by atomic mass is 35.5. The van der Waals surface area contributed by atoms with E-state index in [0.29, 0.717) is 12.5 Å². The molecule has 4 nitrogen and oxygen atoms in total. The van der Waals surface area contributed by atoms with Crippen molar-refractivity contribution in [3.05, 3.63) is 18.2 Å². The number of carbonyl (C=O) groups excluding carboxylic acids is 1. The van der Waals surface area contributed by atoms with Crippen LogP contribution in [0.4, 0.5) is 0 Å². The second-order valence-corrected chi connectivity index (χ2v) is 3.88. The van der Waals surface area contributed by atoms with Crippen molar-refractivity contribution in [2.24, 2.45) is 0 Å². The molecule has 0 fully saturated rings. The first-order chi connectivity index (χ1) is 7.15. The van der Waals surface area contributed by atoms with Gasteiger partial charge in [-0.15, -0.1) is 11.6 Å². The molecule has 5 heteroatoms. The summed E-state index contributed by atoms with van der Waals surface area (Å²) in [5.41, 5.74) is 0. The maximum atomic E-state index is 10.9. The lowest BCUT2D eigenvalue weighted by molar-refractivity contribution is -0.118. The second kappa shape index (κ2) is 5.75. The van der Waals surface area contributed by atoms with Gasteiger partial charge in [-0.2, -0.15) is 0 Å². The highest BCUT2D eigenvalue weighted by molar-refractivity contribution is 6.27. The van der Waals surface area contributed by atoms with Gasteiger partial charge in [0, 0.05) is 31.4 Å². The molecular weight excluding hydrogens is 214 g/mol. The van der Waals surface area contributed by atoms with Gasteiger partial charge < -0.3 is 9.88 Å². The predicted octanol–water partition coefficient (Wildman–Crippen LogP) is 1.36. The van der Waals surface area contributed by atoms with Crippen molar-refractivity contribution >= 4 is 17.5 Å². The summed E-state index contributed by atoms with van der Waals surface area (Å²) in [5, 5.41) is 2.72. The Hall–Kier alpha value is -1.03. The Morgan fingerprint density at radius 2 is 2.40 bits per heavy atom. The van der Waals surface area contributed by atoms with Gasteiger partial charge in [0.15, 0.2) is 0 Å². The molecule has 0 saturated carbocycles. The molecule has 1 aromatic heterocycles. The Labute approximate surface area is 94.6 Å². The van der Waals surface area contributed by atoms with Gasteiger partial charge in [-0.3, -0.25) is 4.79 Å². The SMILES string of the molecule is CC(C)c1nccn1CCNC(=O)CCl. The molecule has 1 aromatic rings. The van der Waals surface area contributed by atoms with Crippen molar-refractivity contribution in [3.8, 4) is 0 Å². The fraction of sp³-hybridized carbons (Fsp3) is 0.600. The first-order valence-electron chi connectivity index (χ1n) is 4.99. The van der Waals surface area contributed by atoms with Crippen LogP contribution < -0.4 is 5.32 Å². The van der Waals surface area contributed by atoms with Crippen LogP contribution in [0.3, 0.4) is 0 Å². The summed E-state index contributed by atoms with van der Waals surface area (Å²) in [7, 11) is 0. The lowest BCUT2D eigenvalue weighted by Crippen LogP contribution is -2.28. The number of rotatable bonds is 5. The van der Waals surface area contributed by atoms with Crippen molar-refractivity contribution < 1.29 is 4.79 Å². The lowest BCUT2D eigenvalue weighted by Gasteiger charge is -2.10. The van der Waals surface area contributed by atoms with Gasteiger partial charge in [0.2, 0.25) is 5.91 Å². The molecule has 0 aromatic carbocycles. The van der Waals surface area contributed by atoms with Crippen molar-refractivity contribution in [1.29, 1.82) is 0 Å². The molecule has 0 radical (unpaired) electrons. The Kier molecular flexibility index (Phi) is 4.62. The number of halogens is 1. The van der Waals surface area contributed by atoms with Crippen LogP contribution in [0.5, 0.6) is 0 Å². The number of hydrogen-bond donors (Lipinski definition) is 1. The summed E-state index contributed by atoms with van der Waals surface area (Å²) in [6.07, 6.45) is 3.70. The summed E-state index contributed by atoms with van der Waals surface area (Å²) < 4.78 is 2.04. The normalized spacial score (nSPS) is 10.7. The third-order valence-electron chi connectivity index (χ3n) is 2.06. The van der Waals surface area contributed by atoms with Crippen LogP contribution in [0.25, 0.3) is 0 Å². The van der Waals surface area contributed by atoms with Crippen LogP contribution in [0, 0.1) is 0 Å². The molecule has 0 saturated heterocycles. The van der Waals surface area contributed by atoms with Crippen LogP contribution in [-0.4, -0.2) is 27.9 Å². The van der Waals surface area contributed by atoms with E-state index in [-0.39, 0.29) is 11.8 Å². The molecule has 1 N–H and O–H groups in total.